The van der Waals surface area contributed by atoms with Gasteiger partial charge in [-0.15, -0.1) is 0 Å². The Kier molecular flexibility index (Phi) is 5.56. The Balaban J connectivity index is 1.44. The molecular formula is C24H25NO4. The molecule has 1 N–H and O–H groups in total. The van der Waals surface area contributed by atoms with Crippen LogP contribution in [0.2, 0.25) is 0 Å². The summed E-state index contributed by atoms with van der Waals surface area (Å²) in [5.74, 6) is 2.01. The lowest BCUT2D eigenvalue weighted by Crippen LogP contribution is -2.39. The fourth-order valence-electron chi connectivity index (χ4n) is 3.45. The predicted octanol–water partition coefficient (Wildman–Crippen LogP) is 4.65. The number of hydrogen-bond acceptors (Lipinski definition) is 4. The largest absolute Gasteiger partial charge is 0.486 e. The predicted molar refractivity (Wildman–Crippen MR) is 113 cm³/mol. The molecule has 0 spiro atoms. The molecule has 5 heteroatoms. The first-order valence-electron chi connectivity index (χ1n) is 9.99. The summed E-state index contributed by atoms with van der Waals surface area (Å²) in [6, 6.07) is 19.5. The van der Waals surface area contributed by atoms with E-state index < -0.39 is 6.10 Å². The van der Waals surface area contributed by atoms with Gasteiger partial charge in [0.2, 0.25) is 0 Å². The molecule has 0 bridgehead atoms. The molecule has 3 aromatic carbocycles. The van der Waals surface area contributed by atoms with Crippen molar-refractivity contribution < 1.29 is 19.0 Å². The summed E-state index contributed by atoms with van der Waals surface area (Å²) < 4.78 is 17.2. The molecule has 0 radical (unpaired) electrons. The Morgan fingerprint density at radius 3 is 2.55 bits per heavy atom. The van der Waals surface area contributed by atoms with Gasteiger partial charge in [0.05, 0.1) is 6.04 Å². The molecule has 1 aliphatic rings. The summed E-state index contributed by atoms with van der Waals surface area (Å²) in [6.07, 6.45) is 0.0165. The van der Waals surface area contributed by atoms with Gasteiger partial charge in [-0.1, -0.05) is 43.3 Å². The van der Waals surface area contributed by atoms with Crippen molar-refractivity contribution in [2.75, 3.05) is 13.2 Å². The summed E-state index contributed by atoms with van der Waals surface area (Å²) in [5, 5.41) is 5.28. The second kappa shape index (κ2) is 8.43. The van der Waals surface area contributed by atoms with Gasteiger partial charge in [0.25, 0.3) is 5.91 Å². The number of fused-ring (bicyclic) bond motifs is 2. The molecule has 0 saturated carbocycles. The van der Waals surface area contributed by atoms with Gasteiger partial charge in [-0.3, -0.25) is 4.79 Å². The molecule has 3 aromatic rings. The third-order valence-electron chi connectivity index (χ3n) is 5.09. The molecule has 4 rings (SSSR count). The van der Waals surface area contributed by atoms with Gasteiger partial charge < -0.3 is 19.5 Å². The fraction of sp³-hybridized carbons (Fsp3) is 0.292. The third kappa shape index (κ3) is 4.29. The second-order valence-corrected chi connectivity index (χ2v) is 7.16. The number of rotatable bonds is 6. The van der Waals surface area contributed by atoms with Crippen molar-refractivity contribution in [2.24, 2.45) is 0 Å². The van der Waals surface area contributed by atoms with Gasteiger partial charge in [0, 0.05) is 0 Å². The Hall–Kier alpha value is -3.21. The summed E-state index contributed by atoms with van der Waals surface area (Å²) in [6.45, 7) is 4.99. The van der Waals surface area contributed by atoms with Crippen molar-refractivity contribution >= 4 is 16.7 Å². The molecule has 0 aliphatic carbocycles. The minimum atomic E-state index is -0.559. The number of carbonyl (C=O) groups is 1. The maximum absolute atomic E-state index is 12.8. The lowest BCUT2D eigenvalue weighted by Gasteiger charge is -2.23. The Labute approximate surface area is 170 Å². The van der Waals surface area contributed by atoms with Crippen LogP contribution in [0.25, 0.3) is 10.8 Å². The highest BCUT2D eigenvalue weighted by molar-refractivity contribution is 5.84. The van der Waals surface area contributed by atoms with Crippen LogP contribution >= 0.6 is 0 Å². The molecule has 1 amide bonds. The maximum Gasteiger partial charge on any atom is 0.261 e. The summed E-state index contributed by atoms with van der Waals surface area (Å²) >= 11 is 0. The smallest absolute Gasteiger partial charge is 0.261 e. The average molecular weight is 391 g/mol. The van der Waals surface area contributed by atoms with E-state index in [0.717, 1.165) is 22.1 Å². The third-order valence-corrected chi connectivity index (χ3v) is 5.09. The first kappa shape index (κ1) is 19.1. The molecule has 2 unspecified atom stereocenters. The Bertz CT molecular complexity index is 1020. The van der Waals surface area contributed by atoms with Gasteiger partial charge in [0.15, 0.2) is 17.6 Å². The van der Waals surface area contributed by atoms with Crippen molar-refractivity contribution in [3.05, 3.63) is 66.2 Å². The van der Waals surface area contributed by atoms with Crippen LogP contribution in [0.1, 0.15) is 31.9 Å². The van der Waals surface area contributed by atoms with Crippen LogP contribution < -0.4 is 19.5 Å². The minimum Gasteiger partial charge on any atom is -0.486 e. The number of carbonyl (C=O) groups excluding carboxylic acids is 1. The van der Waals surface area contributed by atoms with Crippen molar-refractivity contribution in [3.8, 4) is 17.2 Å². The SMILES string of the molecule is CCC(Oc1ccc2ccccc2c1)C(=O)NC(C)c1ccc2c(c1)OCCO2. The molecule has 150 valence electrons. The maximum atomic E-state index is 12.8. The Morgan fingerprint density at radius 1 is 1.00 bits per heavy atom. The zero-order valence-corrected chi connectivity index (χ0v) is 16.7. The molecule has 1 aliphatic heterocycles. The highest BCUT2D eigenvalue weighted by atomic mass is 16.6. The first-order valence-corrected chi connectivity index (χ1v) is 9.99. The van der Waals surface area contributed by atoms with Crippen molar-refractivity contribution in [1.82, 2.24) is 5.32 Å². The van der Waals surface area contributed by atoms with Crippen LogP contribution in [0.4, 0.5) is 0 Å². The van der Waals surface area contributed by atoms with E-state index in [9.17, 15) is 4.79 Å². The summed E-state index contributed by atoms with van der Waals surface area (Å²) in [4.78, 5) is 12.8. The van der Waals surface area contributed by atoms with Gasteiger partial charge in [0.1, 0.15) is 19.0 Å². The molecule has 0 fully saturated rings. The van der Waals surface area contributed by atoms with E-state index in [1.807, 2.05) is 68.4 Å². The zero-order valence-electron chi connectivity index (χ0n) is 16.7. The standard InChI is InChI=1S/C24H25NO4/c1-3-21(29-20-10-8-17-6-4-5-7-19(17)14-20)24(26)25-16(2)18-9-11-22-23(15-18)28-13-12-27-22/h4-11,14-16,21H,3,12-13H2,1-2H3,(H,25,26). The average Bonchev–Trinajstić information content (AvgIpc) is 2.76. The van der Waals surface area contributed by atoms with Gasteiger partial charge in [-0.25, -0.2) is 0 Å². The highest BCUT2D eigenvalue weighted by Gasteiger charge is 2.22. The summed E-state index contributed by atoms with van der Waals surface area (Å²) in [7, 11) is 0. The topological polar surface area (TPSA) is 56.8 Å². The highest BCUT2D eigenvalue weighted by Crippen LogP contribution is 2.32. The molecular weight excluding hydrogens is 366 g/mol. The second-order valence-electron chi connectivity index (χ2n) is 7.16. The van der Waals surface area contributed by atoms with Crippen LogP contribution in [-0.2, 0) is 4.79 Å². The summed E-state index contributed by atoms with van der Waals surface area (Å²) in [5.41, 5.74) is 0.961. The monoisotopic (exact) mass is 391 g/mol. The molecule has 0 aromatic heterocycles. The van der Waals surface area contributed by atoms with Crippen molar-refractivity contribution in [3.63, 3.8) is 0 Å². The van der Waals surface area contributed by atoms with Crippen LogP contribution in [-0.4, -0.2) is 25.2 Å². The van der Waals surface area contributed by atoms with Gasteiger partial charge >= 0.3 is 0 Å². The quantitative estimate of drug-likeness (QED) is 0.665. The number of amides is 1. The number of nitrogens with one attached hydrogen (secondary N) is 1. The van der Waals surface area contributed by atoms with E-state index in [1.165, 1.54) is 0 Å². The van der Waals surface area contributed by atoms with Crippen molar-refractivity contribution in [2.45, 2.75) is 32.4 Å². The normalized spacial score (nSPS) is 14.8. The van der Waals surface area contributed by atoms with Crippen LogP contribution in [0.3, 0.4) is 0 Å². The van der Waals surface area contributed by atoms with Gasteiger partial charge in [-0.2, -0.15) is 0 Å². The fourth-order valence-corrected chi connectivity index (χ4v) is 3.45. The minimum absolute atomic E-state index is 0.136. The Morgan fingerprint density at radius 2 is 1.76 bits per heavy atom. The van der Waals surface area contributed by atoms with E-state index >= 15 is 0 Å². The molecule has 29 heavy (non-hydrogen) atoms. The number of ether oxygens (including phenoxy) is 3. The molecule has 0 saturated heterocycles. The van der Waals surface area contributed by atoms with E-state index in [4.69, 9.17) is 14.2 Å². The number of hydrogen-bond donors (Lipinski definition) is 1. The van der Waals surface area contributed by atoms with E-state index in [2.05, 4.69) is 11.4 Å². The van der Waals surface area contributed by atoms with Crippen LogP contribution in [0, 0.1) is 0 Å². The number of benzene rings is 3. The zero-order chi connectivity index (χ0) is 20.2. The van der Waals surface area contributed by atoms with E-state index in [1.54, 1.807) is 0 Å². The lowest BCUT2D eigenvalue weighted by molar-refractivity contribution is -0.128. The van der Waals surface area contributed by atoms with E-state index in [-0.39, 0.29) is 11.9 Å². The van der Waals surface area contributed by atoms with Gasteiger partial charge in [-0.05, 0) is 53.9 Å². The van der Waals surface area contributed by atoms with Crippen LogP contribution in [0.5, 0.6) is 17.2 Å². The first-order chi connectivity index (χ1) is 14.1. The van der Waals surface area contributed by atoms with Crippen LogP contribution in [0.15, 0.2) is 60.7 Å². The van der Waals surface area contributed by atoms with E-state index in [0.29, 0.717) is 31.1 Å². The molecule has 2 atom stereocenters. The molecule has 5 nitrogen and oxygen atoms in total. The van der Waals surface area contributed by atoms with Crippen molar-refractivity contribution in [1.29, 1.82) is 0 Å². The lowest BCUT2D eigenvalue weighted by atomic mass is 10.1. The molecule has 1 heterocycles.